The Morgan fingerprint density at radius 1 is 1.25 bits per heavy atom. The van der Waals surface area contributed by atoms with E-state index in [0.29, 0.717) is 13.0 Å². The van der Waals surface area contributed by atoms with Gasteiger partial charge in [0.2, 0.25) is 5.91 Å². The Morgan fingerprint density at radius 2 is 2.00 bits per heavy atom. The maximum Gasteiger partial charge on any atom is 0.253 e. The highest BCUT2D eigenvalue weighted by atomic mass is 32.2. The predicted molar refractivity (Wildman–Crippen MR) is 94.3 cm³/mol. The van der Waals surface area contributed by atoms with Crippen molar-refractivity contribution < 1.29 is 13.2 Å². The van der Waals surface area contributed by atoms with Crippen molar-refractivity contribution in [2.24, 2.45) is 0 Å². The lowest BCUT2D eigenvalue weighted by Gasteiger charge is -2.34. The zero-order chi connectivity index (χ0) is 17.2. The molecule has 128 valence electrons. The van der Waals surface area contributed by atoms with Crippen molar-refractivity contribution in [3.05, 3.63) is 52.9 Å². The van der Waals surface area contributed by atoms with Gasteiger partial charge in [-0.2, -0.15) is 4.31 Å². The third-order valence-electron chi connectivity index (χ3n) is 4.12. The Labute approximate surface area is 146 Å². The van der Waals surface area contributed by atoms with Crippen LogP contribution in [0.15, 0.2) is 46.0 Å². The molecule has 1 aromatic heterocycles. The van der Waals surface area contributed by atoms with Crippen LogP contribution in [0.1, 0.15) is 24.5 Å². The van der Waals surface area contributed by atoms with Crippen LogP contribution in [0.25, 0.3) is 0 Å². The van der Waals surface area contributed by atoms with E-state index < -0.39 is 16.1 Å². The number of rotatable bonds is 5. The Kier molecular flexibility index (Phi) is 5.03. The summed E-state index contributed by atoms with van der Waals surface area (Å²) in [6.07, 6.45) is 1.21. The zero-order valence-corrected chi connectivity index (χ0v) is 15.1. The second kappa shape index (κ2) is 7.04. The largest absolute Gasteiger partial charge is 0.355 e. The number of nitrogens with zero attached hydrogens (tertiary/aromatic N) is 1. The molecular weight excluding hydrogens is 344 g/mol. The number of sulfonamides is 1. The van der Waals surface area contributed by atoms with Crippen LogP contribution in [0.2, 0.25) is 0 Å². The first-order valence-electron chi connectivity index (χ1n) is 7.94. The molecule has 2 aromatic rings. The van der Waals surface area contributed by atoms with Crippen LogP contribution in [-0.2, 0) is 27.8 Å². The molecule has 3 rings (SSSR count). The molecule has 1 aromatic carbocycles. The summed E-state index contributed by atoms with van der Waals surface area (Å²) in [5.41, 5.74) is 1.99. The van der Waals surface area contributed by atoms with Gasteiger partial charge >= 0.3 is 0 Å². The molecule has 0 spiro atoms. The summed E-state index contributed by atoms with van der Waals surface area (Å²) in [5.74, 6) is -0.230. The fourth-order valence-electron chi connectivity index (χ4n) is 2.87. The van der Waals surface area contributed by atoms with Crippen LogP contribution in [-0.4, -0.2) is 31.2 Å². The summed E-state index contributed by atoms with van der Waals surface area (Å²) in [6.45, 7) is 2.74. The molecule has 1 atom stereocenters. The van der Waals surface area contributed by atoms with Crippen molar-refractivity contribution in [1.29, 1.82) is 0 Å². The number of fused-ring (bicyclic) bond motifs is 1. The third-order valence-corrected chi connectivity index (χ3v) is 7.34. The predicted octanol–water partition coefficient (Wildman–Crippen LogP) is 2.39. The minimum atomic E-state index is -3.69. The first-order chi connectivity index (χ1) is 11.5. The lowest BCUT2D eigenvalue weighted by molar-refractivity contribution is -0.125. The Morgan fingerprint density at radius 3 is 2.67 bits per heavy atom. The molecule has 24 heavy (non-hydrogen) atoms. The third kappa shape index (κ3) is 3.24. The summed E-state index contributed by atoms with van der Waals surface area (Å²) >= 11 is 1.18. The Hall–Kier alpha value is -1.70. The molecule has 0 bridgehead atoms. The maximum absolute atomic E-state index is 13.0. The molecule has 7 heteroatoms. The minimum Gasteiger partial charge on any atom is -0.355 e. The van der Waals surface area contributed by atoms with Crippen molar-refractivity contribution in [2.75, 3.05) is 6.54 Å². The van der Waals surface area contributed by atoms with Crippen LogP contribution in [0.4, 0.5) is 0 Å². The van der Waals surface area contributed by atoms with Gasteiger partial charge in [0.05, 0.1) is 0 Å². The molecule has 1 amide bonds. The van der Waals surface area contributed by atoms with Gasteiger partial charge in [-0.05, 0) is 35.4 Å². The first kappa shape index (κ1) is 17.1. The molecule has 1 unspecified atom stereocenters. The monoisotopic (exact) mass is 364 g/mol. The zero-order valence-electron chi connectivity index (χ0n) is 13.4. The number of carbonyl (C=O) groups is 1. The van der Waals surface area contributed by atoms with Crippen LogP contribution >= 0.6 is 11.3 Å². The molecule has 0 saturated heterocycles. The highest BCUT2D eigenvalue weighted by molar-refractivity contribution is 7.91. The number of amides is 1. The SMILES string of the molecule is CCCNC(=O)C1Cc2ccccc2CN1S(=O)(=O)c1cccs1. The van der Waals surface area contributed by atoms with E-state index in [1.165, 1.54) is 15.6 Å². The molecule has 2 heterocycles. The number of nitrogens with one attached hydrogen (secondary N) is 1. The maximum atomic E-state index is 13.0. The van der Waals surface area contributed by atoms with Gasteiger partial charge in [-0.25, -0.2) is 8.42 Å². The number of benzene rings is 1. The number of thiophene rings is 1. The molecule has 0 radical (unpaired) electrons. The van der Waals surface area contributed by atoms with E-state index in [1.807, 2.05) is 31.2 Å². The lowest BCUT2D eigenvalue weighted by atomic mass is 9.95. The van der Waals surface area contributed by atoms with Gasteiger partial charge in [-0.1, -0.05) is 37.3 Å². The van der Waals surface area contributed by atoms with Gasteiger partial charge in [-0.3, -0.25) is 4.79 Å². The van der Waals surface area contributed by atoms with Crippen LogP contribution in [0.3, 0.4) is 0 Å². The molecule has 1 aliphatic heterocycles. The Bertz CT molecular complexity index is 816. The lowest BCUT2D eigenvalue weighted by Crippen LogP contribution is -2.52. The fourth-order valence-corrected chi connectivity index (χ4v) is 5.55. The van der Waals surface area contributed by atoms with Crippen molar-refractivity contribution in [1.82, 2.24) is 9.62 Å². The van der Waals surface area contributed by atoms with E-state index in [-0.39, 0.29) is 16.7 Å². The molecule has 0 fully saturated rings. The van der Waals surface area contributed by atoms with Crippen molar-refractivity contribution in [3.8, 4) is 0 Å². The van der Waals surface area contributed by atoms with Crippen LogP contribution in [0, 0.1) is 0 Å². The van der Waals surface area contributed by atoms with Crippen LogP contribution < -0.4 is 5.32 Å². The summed E-state index contributed by atoms with van der Waals surface area (Å²) in [4.78, 5) is 12.6. The average Bonchev–Trinajstić information content (AvgIpc) is 3.14. The van der Waals surface area contributed by atoms with Gasteiger partial charge in [-0.15, -0.1) is 11.3 Å². The quantitative estimate of drug-likeness (QED) is 0.886. The standard InChI is InChI=1S/C17H20N2O3S2/c1-2-9-18-17(20)15-11-13-6-3-4-7-14(13)12-19(15)24(21,22)16-8-5-10-23-16/h3-8,10,15H,2,9,11-12H2,1H3,(H,18,20). The van der Waals surface area contributed by atoms with E-state index in [4.69, 9.17) is 0 Å². The normalized spacial score (nSPS) is 18.1. The molecule has 0 saturated carbocycles. The molecule has 5 nitrogen and oxygen atoms in total. The summed E-state index contributed by atoms with van der Waals surface area (Å²) in [7, 11) is -3.69. The van der Waals surface area contributed by atoms with E-state index in [9.17, 15) is 13.2 Å². The van der Waals surface area contributed by atoms with E-state index in [0.717, 1.165) is 17.5 Å². The topological polar surface area (TPSA) is 66.5 Å². The molecule has 0 aliphatic carbocycles. The highest BCUT2D eigenvalue weighted by Crippen LogP contribution is 2.30. The summed E-state index contributed by atoms with van der Waals surface area (Å²) < 4.78 is 27.6. The van der Waals surface area contributed by atoms with Crippen molar-refractivity contribution >= 4 is 27.3 Å². The van der Waals surface area contributed by atoms with E-state index in [2.05, 4.69) is 5.32 Å². The minimum absolute atomic E-state index is 0.223. The fraction of sp³-hybridized carbons (Fsp3) is 0.353. The van der Waals surface area contributed by atoms with Crippen molar-refractivity contribution in [2.45, 2.75) is 36.6 Å². The average molecular weight is 364 g/mol. The smallest absolute Gasteiger partial charge is 0.253 e. The van der Waals surface area contributed by atoms with Crippen LogP contribution in [0.5, 0.6) is 0 Å². The van der Waals surface area contributed by atoms with E-state index in [1.54, 1.807) is 17.5 Å². The van der Waals surface area contributed by atoms with E-state index >= 15 is 0 Å². The van der Waals surface area contributed by atoms with Crippen molar-refractivity contribution in [3.63, 3.8) is 0 Å². The Balaban J connectivity index is 1.98. The molecule has 1 aliphatic rings. The number of hydrogen-bond donors (Lipinski definition) is 1. The van der Waals surface area contributed by atoms with Gasteiger partial charge in [0, 0.05) is 13.1 Å². The summed E-state index contributed by atoms with van der Waals surface area (Å²) in [5, 5.41) is 4.57. The van der Waals surface area contributed by atoms with Gasteiger partial charge in [0.25, 0.3) is 10.0 Å². The molecule has 1 N–H and O–H groups in total. The highest BCUT2D eigenvalue weighted by Gasteiger charge is 2.39. The van der Waals surface area contributed by atoms with Gasteiger partial charge in [0.15, 0.2) is 0 Å². The second-order valence-corrected chi connectivity index (χ2v) is 8.83. The number of hydrogen-bond acceptors (Lipinski definition) is 4. The molecular formula is C17H20N2O3S2. The summed E-state index contributed by atoms with van der Waals surface area (Å²) in [6, 6.07) is 10.3. The van der Waals surface area contributed by atoms with Gasteiger partial charge in [0.1, 0.15) is 10.3 Å². The first-order valence-corrected chi connectivity index (χ1v) is 10.3. The second-order valence-electron chi connectivity index (χ2n) is 5.76. The van der Waals surface area contributed by atoms with Gasteiger partial charge < -0.3 is 5.32 Å². The number of carbonyl (C=O) groups excluding carboxylic acids is 1.